The van der Waals surface area contributed by atoms with E-state index < -0.39 is 10.8 Å². The van der Waals surface area contributed by atoms with Crippen molar-refractivity contribution in [2.75, 3.05) is 25.5 Å². The molecule has 0 radical (unpaired) electrons. The lowest BCUT2D eigenvalue weighted by atomic mass is 10.1. The average Bonchev–Trinajstić information content (AvgIpc) is 2.96. The molecule has 8 nitrogen and oxygen atoms in total. The van der Waals surface area contributed by atoms with E-state index in [-0.39, 0.29) is 23.6 Å². The first-order valence-corrected chi connectivity index (χ1v) is 8.62. The fourth-order valence-electron chi connectivity index (χ4n) is 3.03. The van der Waals surface area contributed by atoms with Crippen LogP contribution < -0.4 is 10.2 Å². The Hall–Kier alpha value is -3.49. The second-order valence-electron chi connectivity index (χ2n) is 6.58. The third-order valence-corrected chi connectivity index (χ3v) is 4.49. The van der Waals surface area contributed by atoms with Gasteiger partial charge in [0.2, 0.25) is 0 Å². The lowest BCUT2D eigenvalue weighted by Gasteiger charge is -2.17. The van der Waals surface area contributed by atoms with Gasteiger partial charge in [0, 0.05) is 51.9 Å². The molecule has 0 fully saturated rings. The second-order valence-corrected chi connectivity index (χ2v) is 6.58. The minimum absolute atomic E-state index is 0.145. The highest BCUT2D eigenvalue weighted by atomic mass is 19.1. The molecule has 3 rings (SSSR count). The summed E-state index contributed by atoms with van der Waals surface area (Å²) in [5.41, 5.74) is 2.02. The summed E-state index contributed by atoms with van der Waals surface area (Å²) in [6, 6.07) is 8.56. The van der Waals surface area contributed by atoms with Crippen LogP contribution in [-0.2, 0) is 13.5 Å². The molecule has 0 saturated heterocycles. The van der Waals surface area contributed by atoms with Crippen molar-refractivity contribution < 1.29 is 14.1 Å². The van der Waals surface area contributed by atoms with Crippen molar-refractivity contribution >= 4 is 28.3 Å². The summed E-state index contributed by atoms with van der Waals surface area (Å²) in [6.45, 7) is 0.286. The number of amides is 1. The molecule has 0 saturated carbocycles. The van der Waals surface area contributed by atoms with Crippen molar-refractivity contribution in [3.63, 3.8) is 0 Å². The number of nitro benzene ring substituents is 1. The van der Waals surface area contributed by atoms with Gasteiger partial charge in [-0.15, -0.1) is 0 Å². The van der Waals surface area contributed by atoms with Crippen LogP contribution in [0.5, 0.6) is 0 Å². The number of nitrogens with zero attached hydrogens (tertiary/aromatic N) is 4. The maximum atomic E-state index is 13.4. The molecule has 2 aromatic carbocycles. The van der Waals surface area contributed by atoms with E-state index in [9.17, 15) is 19.3 Å². The highest BCUT2D eigenvalue weighted by molar-refractivity contribution is 6.00. The standard InChI is InChI=1S/C19H20FN5O3/c1-23(2)16-7-5-13(25(27)28)11-14(16)19(26)21-9-8-18-22-15-6-4-12(20)10-17(15)24(18)3/h4-7,10-11H,8-9H2,1-3H3,(H,21,26). The number of halogens is 1. The topological polar surface area (TPSA) is 93.3 Å². The van der Waals surface area contributed by atoms with Crippen molar-refractivity contribution in [1.29, 1.82) is 0 Å². The van der Waals surface area contributed by atoms with Crippen molar-refractivity contribution in [3.8, 4) is 0 Å². The van der Waals surface area contributed by atoms with Gasteiger partial charge in [-0.2, -0.15) is 0 Å². The molecule has 0 aliphatic carbocycles. The van der Waals surface area contributed by atoms with Gasteiger partial charge in [-0.05, 0) is 24.3 Å². The Bertz CT molecular complexity index is 1060. The number of hydrogen-bond donors (Lipinski definition) is 1. The normalized spacial score (nSPS) is 10.9. The van der Waals surface area contributed by atoms with Crippen LogP contribution in [0.1, 0.15) is 16.2 Å². The van der Waals surface area contributed by atoms with E-state index in [0.29, 0.717) is 29.0 Å². The zero-order valence-electron chi connectivity index (χ0n) is 15.8. The summed E-state index contributed by atoms with van der Waals surface area (Å²) >= 11 is 0. The maximum absolute atomic E-state index is 13.4. The van der Waals surface area contributed by atoms with Gasteiger partial charge < -0.3 is 14.8 Å². The van der Waals surface area contributed by atoms with Crippen LogP contribution in [0.25, 0.3) is 11.0 Å². The smallest absolute Gasteiger partial charge is 0.270 e. The first-order chi connectivity index (χ1) is 13.3. The van der Waals surface area contributed by atoms with Crippen LogP contribution in [0.4, 0.5) is 15.8 Å². The van der Waals surface area contributed by atoms with Gasteiger partial charge in [0.15, 0.2) is 0 Å². The van der Waals surface area contributed by atoms with E-state index in [0.717, 1.165) is 0 Å². The van der Waals surface area contributed by atoms with E-state index >= 15 is 0 Å². The second kappa shape index (κ2) is 7.63. The van der Waals surface area contributed by atoms with Crippen LogP contribution in [-0.4, -0.2) is 41.0 Å². The summed E-state index contributed by atoms with van der Waals surface area (Å²) in [4.78, 5) is 29.3. The maximum Gasteiger partial charge on any atom is 0.270 e. The lowest BCUT2D eigenvalue weighted by Crippen LogP contribution is -2.28. The van der Waals surface area contributed by atoms with E-state index in [1.807, 2.05) is 0 Å². The monoisotopic (exact) mass is 385 g/mol. The van der Waals surface area contributed by atoms with Crippen molar-refractivity contribution in [1.82, 2.24) is 14.9 Å². The Morgan fingerprint density at radius 1 is 1.29 bits per heavy atom. The van der Waals surface area contributed by atoms with Crippen molar-refractivity contribution in [2.45, 2.75) is 6.42 Å². The number of hydrogen-bond acceptors (Lipinski definition) is 5. The number of aromatic nitrogens is 2. The number of anilines is 1. The van der Waals surface area contributed by atoms with Crippen LogP contribution in [0.2, 0.25) is 0 Å². The molecule has 1 N–H and O–H groups in total. The minimum atomic E-state index is -0.533. The third kappa shape index (κ3) is 3.78. The Labute approximate surface area is 160 Å². The van der Waals surface area contributed by atoms with E-state index in [2.05, 4.69) is 10.3 Å². The zero-order valence-corrected chi connectivity index (χ0v) is 15.8. The SMILES string of the molecule is CN(C)c1ccc([N+](=O)[O-])cc1C(=O)NCCc1nc2ccc(F)cc2n1C. The number of carbonyl (C=O) groups excluding carboxylic acids is 1. The Morgan fingerprint density at radius 2 is 2.04 bits per heavy atom. The van der Waals surface area contributed by atoms with E-state index in [1.165, 1.54) is 24.3 Å². The molecule has 0 aliphatic heterocycles. The lowest BCUT2D eigenvalue weighted by molar-refractivity contribution is -0.384. The van der Waals surface area contributed by atoms with Gasteiger partial charge in [-0.1, -0.05) is 0 Å². The highest BCUT2D eigenvalue weighted by Crippen LogP contribution is 2.24. The van der Waals surface area contributed by atoms with Gasteiger partial charge in [0.05, 0.1) is 21.5 Å². The Morgan fingerprint density at radius 3 is 2.71 bits per heavy atom. The number of rotatable bonds is 6. The highest BCUT2D eigenvalue weighted by Gasteiger charge is 2.18. The number of nitro groups is 1. The first-order valence-electron chi connectivity index (χ1n) is 8.62. The molecule has 146 valence electrons. The predicted molar refractivity (Wildman–Crippen MR) is 104 cm³/mol. The first kappa shape index (κ1) is 19.3. The summed E-state index contributed by atoms with van der Waals surface area (Å²) in [5, 5.41) is 13.8. The molecule has 28 heavy (non-hydrogen) atoms. The molecule has 1 amide bonds. The van der Waals surface area contributed by atoms with Gasteiger partial charge >= 0.3 is 0 Å². The van der Waals surface area contributed by atoms with Crippen molar-refractivity contribution in [3.05, 3.63) is 63.7 Å². The van der Waals surface area contributed by atoms with Gasteiger partial charge in [0.1, 0.15) is 11.6 Å². The summed E-state index contributed by atoms with van der Waals surface area (Å²) < 4.78 is 15.2. The largest absolute Gasteiger partial charge is 0.377 e. The Balaban J connectivity index is 1.75. The zero-order chi connectivity index (χ0) is 20.4. The third-order valence-electron chi connectivity index (χ3n) is 4.49. The molecule has 1 heterocycles. The molecule has 0 atom stereocenters. The quantitative estimate of drug-likeness (QED) is 0.520. The molecule has 0 bridgehead atoms. The summed E-state index contributed by atoms with van der Waals surface area (Å²) in [5.74, 6) is -0.0396. The van der Waals surface area contributed by atoms with E-state index in [4.69, 9.17) is 0 Å². The van der Waals surface area contributed by atoms with Crippen molar-refractivity contribution in [2.24, 2.45) is 7.05 Å². The van der Waals surface area contributed by atoms with Crippen LogP contribution >= 0.6 is 0 Å². The molecule has 0 unspecified atom stereocenters. The predicted octanol–water partition coefficient (Wildman–Crippen LogP) is 2.66. The molecule has 0 spiro atoms. The Kier molecular flexibility index (Phi) is 5.25. The van der Waals surface area contributed by atoms with Gasteiger partial charge in [-0.25, -0.2) is 9.37 Å². The molecular weight excluding hydrogens is 365 g/mol. The molecule has 9 heteroatoms. The molecular formula is C19H20FN5O3. The molecule has 3 aromatic rings. The number of nitrogens with one attached hydrogen (secondary N) is 1. The van der Waals surface area contributed by atoms with E-state index in [1.54, 1.807) is 42.7 Å². The fourth-order valence-corrected chi connectivity index (χ4v) is 3.03. The molecule has 0 aliphatic rings. The molecule has 1 aromatic heterocycles. The summed E-state index contributed by atoms with van der Waals surface area (Å²) in [6.07, 6.45) is 0.435. The number of aryl methyl sites for hydroxylation is 1. The van der Waals surface area contributed by atoms with Crippen LogP contribution in [0, 0.1) is 15.9 Å². The van der Waals surface area contributed by atoms with Gasteiger partial charge in [0.25, 0.3) is 11.6 Å². The van der Waals surface area contributed by atoms with Crippen LogP contribution in [0.3, 0.4) is 0 Å². The number of benzene rings is 2. The average molecular weight is 385 g/mol. The minimum Gasteiger partial charge on any atom is -0.377 e. The van der Waals surface area contributed by atoms with Crippen LogP contribution in [0.15, 0.2) is 36.4 Å². The fraction of sp³-hybridized carbons (Fsp3) is 0.263. The summed E-state index contributed by atoms with van der Waals surface area (Å²) in [7, 11) is 5.31. The number of non-ortho nitro benzene ring substituents is 1. The number of fused-ring (bicyclic) bond motifs is 1. The number of imidazole rings is 1. The van der Waals surface area contributed by atoms with Gasteiger partial charge in [-0.3, -0.25) is 14.9 Å². The number of carbonyl (C=O) groups is 1.